The zero-order valence-electron chi connectivity index (χ0n) is 10.0. The summed E-state index contributed by atoms with van der Waals surface area (Å²) in [4.78, 5) is 33.9. The van der Waals surface area contributed by atoms with Gasteiger partial charge in [0.25, 0.3) is 0 Å². The lowest BCUT2D eigenvalue weighted by molar-refractivity contribution is -0.146. The number of hydrogen-bond donors (Lipinski definition) is 1. The SMILES string of the molecule is COC(=O)CC[C@@H](NC(=O)C1CC1)C(=O)OC. The van der Waals surface area contributed by atoms with Gasteiger partial charge in [0.1, 0.15) is 6.04 Å². The van der Waals surface area contributed by atoms with Gasteiger partial charge in [0, 0.05) is 12.3 Å². The van der Waals surface area contributed by atoms with Crippen molar-refractivity contribution >= 4 is 17.8 Å². The van der Waals surface area contributed by atoms with E-state index in [9.17, 15) is 14.4 Å². The maximum absolute atomic E-state index is 11.5. The predicted octanol–water partition coefficient (Wildman–Crippen LogP) is 0.00740. The highest BCUT2D eigenvalue weighted by Gasteiger charge is 2.33. The summed E-state index contributed by atoms with van der Waals surface area (Å²) in [5, 5.41) is 2.59. The predicted molar refractivity (Wildman–Crippen MR) is 57.9 cm³/mol. The Hall–Kier alpha value is -1.59. The van der Waals surface area contributed by atoms with E-state index in [4.69, 9.17) is 0 Å². The normalized spacial score (nSPS) is 15.9. The molecule has 96 valence electrons. The van der Waals surface area contributed by atoms with Crippen molar-refractivity contribution in [2.45, 2.75) is 31.7 Å². The van der Waals surface area contributed by atoms with Crippen LogP contribution < -0.4 is 5.32 Å². The molecular formula is C11H17NO5. The zero-order valence-corrected chi connectivity index (χ0v) is 10.0. The Morgan fingerprint density at radius 3 is 2.35 bits per heavy atom. The Morgan fingerprint density at radius 1 is 1.24 bits per heavy atom. The van der Waals surface area contributed by atoms with Crippen LogP contribution in [0.15, 0.2) is 0 Å². The van der Waals surface area contributed by atoms with Gasteiger partial charge in [-0.05, 0) is 19.3 Å². The highest BCUT2D eigenvalue weighted by atomic mass is 16.5. The Morgan fingerprint density at radius 2 is 1.88 bits per heavy atom. The summed E-state index contributed by atoms with van der Waals surface area (Å²) in [5.74, 6) is -1.09. The fourth-order valence-electron chi connectivity index (χ4n) is 1.39. The van der Waals surface area contributed by atoms with Crippen molar-refractivity contribution in [2.75, 3.05) is 14.2 Å². The van der Waals surface area contributed by atoms with Crippen LogP contribution in [0.1, 0.15) is 25.7 Å². The highest BCUT2D eigenvalue weighted by Crippen LogP contribution is 2.29. The molecule has 0 heterocycles. The van der Waals surface area contributed by atoms with E-state index >= 15 is 0 Å². The van der Waals surface area contributed by atoms with Crippen molar-refractivity contribution in [2.24, 2.45) is 5.92 Å². The first-order chi connectivity index (χ1) is 8.08. The third-order valence-corrected chi connectivity index (χ3v) is 2.62. The molecule has 0 unspecified atom stereocenters. The van der Waals surface area contributed by atoms with Gasteiger partial charge in [0.05, 0.1) is 14.2 Å². The highest BCUT2D eigenvalue weighted by molar-refractivity contribution is 5.87. The molecule has 0 radical (unpaired) electrons. The second-order valence-electron chi connectivity index (χ2n) is 3.97. The van der Waals surface area contributed by atoms with Crippen molar-refractivity contribution in [3.8, 4) is 0 Å². The van der Waals surface area contributed by atoms with Gasteiger partial charge in [0.15, 0.2) is 0 Å². The summed E-state index contributed by atoms with van der Waals surface area (Å²) in [6, 6.07) is -0.771. The van der Waals surface area contributed by atoms with Crippen LogP contribution in [0.5, 0.6) is 0 Å². The van der Waals surface area contributed by atoms with Gasteiger partial charge < -0.3 is 14.8 Å². The molecule has 6 nitrogen and oxygen atoms in total. The van der Waals surface area contributed by atoms with E-state index in [2.05, 4.69) is 14.8 Å². The molecule has 1 saturated carbocycles. The van der Waals surface area contributed by atoms with E-state index < -0.39 is 18.0 Å². The van der Waals surface area contributed by atoms with Crippen LogP contribution in [0.25, 0.3) is 0 Å². The Labute approximate surface area is 99.6 Å². The zero-order chi connectivity index (χ0) is 12.8. The Bertz CT molecular complexity index is 311. The monoisotopic (exact) mass is 243 g/mol. The number of esters is 2. The van der Waals surface area contributed by atoms with Crippen LogP contribution >= 0.6 is 0 Å². The van der Waals surface area contributed by atoms with E-state index in [0.717, 1.165) is 12.8 Å². The first kappa shape index (κ1) is 13.5. The Kier molecular flexibility index (Phi) is 4.93. The van der Waals surface area contributed by atoms with Crippen LogP contribution in [0, 0.1) is 5.92 Å². The van der Waals surface area contributed by atoms with Crippen LogP contribution in [0.4, 0.5) is 0 Å². The van der Waals surface area contributed by atoms with Crippen LogP contribution in [0.2, 0.25) is 0 Å². The molecule has 0 aliphatic heterocycles. The summed E-state index contributed by atoms with van der Waals surface area (Å²) in [6.07, 6.45) is 1.98. The quantitative estimate of drug-likeness (QED) is 0.664. The van der Waals surface area contributed by atoms with Crippen molar-refractivity contribution < 1.29 is 23.9 Å². The summed E-state index contributed by atoms with van der Waals surface area (Å²) in [7, 11) is 2.52. The number of nitrogens with one attached hydrogen (secondary N) is 1. The molecule has 0 saturated heterocycles. The van der Waals surface area contributed by atoms with Gasteiger partial charge in [-0.25, -0.2) is 4.79 Å². The summed E-state index contributed by atoms with van der Waals surface area (Å²) < 4.78 is 9.05. The van der Waals surface area contributed by atoms with E-state index in [1.54, 1.807) is 0 Å². The minimum Gasteiger partial charge on any atom is -0.469 e. The Balaban J connectivity index is 2.44. The minimum atomic E-state index is -0.771. The topological polar surface area (TPSA) is 81.7 Å². The third kappa shape index (κ3) is 4.42. The first-order valence-corrected chi connectivity index (χ1v) is 5.53. The fraction of sp³-hybridized carbons (Fsp3) is 0.727. The van der Waals surface area contributed by atoms with Crippen molar-refractivity contribution in [3.63, 3.8) is 0 Å². The molecule has 1 amide bonds. The minimum absolute atomic E-state index is 0.0142. The second kappa shape index (κ2) is 6.22. The standard InChI is InChI=1S/C11H17NO5/c1-16-9(13)6-5-8(11(15)17-2)12-10(14)7-3-4-7/h7-8H,3-6H2,1-2H3,(H,12,14)/t8-/m1/s1. The van der Waals surface area contributed by atoms with E-state index in [1.807, 2.05) is 0 Å². The van der Waals surface area contributed by atoms with Gasteiger partial charge in [-0.15, -0.1) is 0 Å². The molecule has 0 aromatic heterocycles. The summed E-state index contributed by atoms with van der Waals surface area (Å²) in [5.41, 5.74) is 0. The van der Waals surface area contributed by atoms with E-state index in [1.165, 1.54) is 14.2 Å². The van der Waals surface area contributed by atoms with E-state index in [0.29, 0.717) is 0 Å². The number of hydrogen-bond acceptors (Lipinski definition) is 5. The number of rotatable bonds is 6. The van der Waals surface area contributed by atoms with Crippen LogP contribution in [0.3, 0.4) is 0 Å². The molecule has 0 aromatic rings. The fourth-order valence-corrected chi connectivity index (χ4v) is 1.39. The molecular weight excluding hydrogens is 226 g/mol. The number of ether oxygens (including phenoxy) is 2. The van der Waals surface area contributed by atoms with Gasteiger partial charge in [0.2, 0.25) is 5.91 Å². The largest absolute Gasteiger partial charge is 0.469 e. The van der Waals surface area contributed by atoms with Crippen LogP contribution in [-0.4, -0.2) is 38.1 Å². The number of carbonyl (C=O) groups is 3. The lowest BCUT2D eigenvalue weighted by Gasteiger charge is -2.15. The second-order valence-corrected chi connectivity index (χ2v) is 3.97. The van der Waals surface area contributed by atoms with Gasteiger partial charge in [-0.1, -0.05) is 0 Å². The molecule has 1 aliphatic carbocycles. The average molecular weight is 243 g/mol. The van der Waals surface area contributed by atoms with Gasteiger partial charge in [-0.2, -0.15) is 0 Å². The molecule has 0 spiro atoms. The third-order valence-electron chi connectivity index (χ3n) is 2.62. The summed E-state index contributed by atoms with van der Waals surface area (Å²) >= 11 is 0. The number of amides is 1. The van der Waals surface area contributed by atoms with Gasteiger partial charge >= 0.3 is 11.9 Å². The first-order valence-electron chi connectivity index (χ1n) is 5.53. The summed E-state index contributed by atoms with van der Waals surface area (Å²) in [6.45, 7) is 0. The molecule has 1 N–H and O–H groups in total. The van der Waals surface area contributed by atoms with E-state index in [-0.39, 0.29) is 24.7 Å². The maximum Gasteiger partial charge on any atom is 0.328 e. The molecule has 1 fully saturated rings. The molecule has 6 heteroatoms. The molecule has 0 aromatic carbocycles. The molecule has 17 heavy (non-hydrogen) atoms. The average Bonchev–Trinajstić information content (AvgIpc) is 3.16. The van der Waals surface area contributed by atoms with Crippen LogP contribution in [-0.2, 0) is 23.9 Å². The van der Waals surface area contributed by atoms with Gasteiger partial charge in [-0.3, -0.25) is 9.59 Å². The molecule has 1 atom stereocenters. The van der Waals surface area contributed by atoms with Crippen molar-refractivity contribution in [3.05, 3.63) is 0 Å². The number of carbonyl (C=O) groups excluding carboxylic acids is 3. The molecule has 1 rings (SSSR count). The number of methoxy groups -OCH3 is 2. The van der Waals surface area contributed by atoms with Crippen molar-refractivity contribution in [1.29, 1.82) is 0 Å². The smallest absolute Gasteiger partial charge is 0.328 e. The lowest BCUT2D eigenvalue weighted by Crippen LogP contribution is -2.42. The van der Waals surface area contributed by atoms with Crippen molar-refractivity contribution in [1.82, 2.24) is 5.32 Å². The maximum atomic E-state index is 11.5. The lowest BCUT2D eigenvalue weighted by atomic mass is 10.1. The molecule has 1 aliphatic rings. The molecule has 0 bridgehead atoms.